The molecule has 28 heavy (non-hydrogen) atoms. The number of rotatable bonds is 7. The van der Waals surface area contributed by atoms with Crippen LogP contribution in [-0.2, 0) is 25.5 Å². The van der Waals surface area contributed by atoms with Crippen molar-refractivity contribution in [2.24, 2.45) is 0 Å². The molecule has 0 aliphatic carbocycles. The highest BCUT2D eigenvalue weighted by molar-refractivity contribution is 6.30. The van der Waals surface area contributed by atoms with Crippen LogP contribution in [-0.4, -0.2) is 41.9 Å². The Morgan fingerprint density at radius 1 is 1.07 bits per heavy atom. The molecule has 6 nitrogen and oxygen atoms in total. The first-order valence-corrected chi connectivity index (χ1v) is 9.10. The molecule has 2 amide bonds. The molecule has 1 N–H and O–H groups in total. The summed E-state index contributed by atoms with van der Waals surface area (Å²) in [6, 6.07) is 15.8. The van der Waals surface area contributed by atoms with E-state index in [0.717, 1.165) is 5.56 Å². The molecule has 0 aliphatic heterocycles. The van der Waals surface area contributed by atoms with E-state index in [-0.39, 0.29) is 18.9 Å². The minimum Gasteiger partial charge on any atom is -0.468 e. The van der Waals surface area contributed by atoms with Gasteiger partial charge in [-0.15, -0.1) is 0 Å². The average molecular weight is 403 g/mol. The Bertz CT molecular complexity index is 852. The van der Waals surface area contributed by atoms with Crippen molar-refractivity contribution in [3.8, 4) is 0 Å². The molecule has 0 aliphatic rings. The summed E-state index contributed by atoms with van der Waals surface area (Å²) in [6.45, 7) is 2.83. The summed E-state index contributed by atoms with van der Waals surface area (Å²) >= 11 is 5.96. The average Bonchev–Trinajstić information content (AvgIpc) is 2.66. The van der Waals surface area contributed by atoms with E-state index in [9.17, 15) is 14.4 Å². The number of carbonyl (C=O) groups excluding carboxylic acids is 3. The summed E-state index contributed by atoms with van der Waals surface area (Å²) in [7, 11) is 1.24. The first-order valence-electron chi connectivity index (χ1n) is 8.72. The van der Waals surface area contributed by atoms with Crippen molar-refractivity contribution in [3.05, 3.63) is 65.2 Å². The molecular weight excluding hydrogens is 380 g/mol. The van der Waals surface area contributed by atoms with Crippen molar-refractivity contribution >= 4 is 35.1 Å². The number of hydrogen-bond donors (Lipinski definition) is 1. The smallest absolute Gasteiger partial charge is 0.325 e. The lowest BCUT2D eigenvalue weighted by molar-refractivity contribution is -0.153. The number of ether oxygens (including phenoxy) is 1. The van der Waals surface area contributed by atoms with E-state index in [1.54, 1.807) is 38.1 Å². The Morgan fingerprint density at radius 2 is 1.75 bits per heavy atom. The van der Waals surface area contributed by atoms with Gasteiger partial charge in [0.2, 0.25) is 11.8 Å². The highest BCUT2D eigenvalue weighted by atomic mass is 35.5. The molecule has 2 aromatic rings. The molecule has 0 radical (unpaired) electrons. The number of carbonyl (C=O) groups is 3. The Labute approximate surface area is 169 Å². The van der Waals surface area contributed by atoms with Crippen LogP contribution < -0.4 is 5.32 Å². The van der Waals surface area contributed by atoms with Crippen LogP contribution >= 0.6 is 11.6 Å². The summed E-state index contributed by atoms with van der Waals surface area (Å²) in [4.78, 5) is 39.0. The zero-order valence-electron chi connectivity index (χ0n) is 16.1. The van der Waals surface area contributed by atoms with E-state index in [0.29, 0.717) is 10.7 Å². The van der Waals surface area contributed by atoms with Crippen molar-refractivity contribution in [2.75, 3.05) is 19.0 Å². The van der Waals surface area contributed by atoms with E-state index in [4.69, 9.17) is 16.3 Å². The zero-order chi connectivity index (χ0) is 20.7. The van der Waals surface area contributed by atoms with Crippen molar-refractivity contribution in [1.29, 1.82) is 0 Å². The minimum absolute atomic E-state index is 0.0612. The van der Waals surface area contributed by atoms with E-state index in [1.165, 1.54) is 12.0 Å². The fourth-order valence-corrected chi connectivity index (χ4v) is 2.82. The van der Waals surface area contributed by atoms with Gasteiger partial charge in [-0.2, -0.15) is 0 Å². The summed E-state index contributed by atoms with van der Waals surface area (Å²) in [5.74, 6) is -1.41. The molecular formula is C21H23ClN2O4. The van der Waals surface area contributed by atoms with Gasteiger partial charge in [0.15, 0.2) is 0 Å². The monoisotopic (exact) mass is 402 g/mol. The lowest BCUT2D eigenvalue weighted by atomic mass is 9.99. The predicted molar refractivity (Wildman–Crippen MR) is 108 cm³/mol. The highest BCUT2D eigenvalue weighted by Crippen LogP contribution is 2.21. The third-order valence-electron chi connectivity index (χ3n) is 4.33. The Balaban J connectivity index is 2.24. The van der Waals surface area contributed by atoms with Crippen LogP contribution in [0, 0.1) is 0 Å². The van der Waals surface area contributed by atoms with Gasteiger partial charge in [0.05, 0.1) is 13.5 Å². The summed E-state index contributed by atoms with van der Waals surface area (Å²) in [5, 5.41) is 3.22. The third-order valence-corrected chi connectivity index (χ3v) is 4.56. The van der Waals surface area contributed by atoms with Crippen LogP contribution in [0.5, 0.6) is 0 Å². The second kappa shape index (κ2) is 9.37. The van der Waals surface area contributed by atoms with Gasteiger partial charge in [0.25, 0.3) is 0 Å². The maximum Gasteiger partial charge on any atom is 0.325 e. The zero-order valence-corrected chi connectivity index (χ0v) is 16.8. The normalized spacial score (nSPS) is 10.9. The summed E-state index contributed by atoms with van der Waals surface area (Å²) < 4.78 is 4.71. The van der Waals surface area contributed by atoms with Gasteiger partial charge in [0, 0.05) is 10.7 Å². The van der Waals surface area contributed by atoms with Gasteiger partial charge >= 0.3 is 5.97 Å². The van der Waals surface area contributed by atoms with Crippen molar-refractivity contribution in [1.82, 2.24) is 4.90 Å². The molecule has 0 saturated carbocycles. The number of amides is 2. The second-order valence-electron chi connectivity index (χ2n) is 6.74. The quantitative estimate of drug-likeness (QED) is 0.721. The second-order valence-corrected chi connectivity index (χ2v) is 7.18. The van der Waals surface area contributed by atoms with Crippen LogP contribution in [0.2, 0.25) is 5.02 Å². The van der Waals surface area contributed by atoms with Gasteiger partial charge in [-0.3, -0.25) is 14.4 Å². The maximum atomic E-state index is 12.9. The first-order chi connectivity index (χ1) is 13.2. The fraction of sp³-hybridized carbons (Fsp3) is 0.286. The minimum atomic E-state index is -1.30. The number of methoxy groups -OCH3 is 1. The van der Waals surface area contributed by atoms with Gasteiger partial charge in [0.1, 0.15) is 12.1 Å². The number of nitrogens with one attached hydrogen (secondary N) is 1. The van der Waals surface area contributed by atoms with Crippen molar-refractivity contribution in [3.63, 3.8) is 0 Å². The lowest BCUT2D eigenvalue weighted by Gasteiger charge is -2.36. The van der Waals surface area contributed by atoms with Crippen LogP contribution in [0.15, 0.2) is 54.6 Å². The molecule has 0 atom stereocenters. The highest BCUT2D eigenvalue weighted by Gasteiger charge is 2.39. The third kappa shape index (κ3) is 5.57. The van der Waals surface area contributed by atoms with Crippen LogP contribution in [0.3, 0.4) is 0 Å². The summed E-state index contributed by atoms with van der Waals surface area (Å²) in [6.07, 6.45) is 0.0612. The molecule has 7 heteroatoms. The topological polar surface area (TPSA) is 75.7 Å². The number of anilines is 1. The molecule has 2 rings (SSSR count). The van der Waals surface area contributed by atoms with Crippen LogP contribution in [0.1, 0.15) is 19.4 Å². The molecule has 0 bridgehead atoms. The number of hydrogen-bond acceptors (Lipinski definition) is 4. The van der Waals surface area contributed by atoms with Gasteiger partial charge in [-0.25, -0.2) is 0 Å². The van der Waals surface area contributed by atoms with Crippen molar-refractivity contribution < 1.29 is 19.1 Å². The van der Waals surface area contributed by atoms with Crippen LogP contribution in [0.4, 0.5) is 5.69 Å². The van der Waals surface area contributed by atoms with Gasteiger partial charge in [-0.05, 0) is 37.6 Å². The predicted octanol–water partition coefficient (Wildman–Crippen LogP) is 3.30. The molecule has 0 spiro atoms. The van der Waals surface area contributed by atoms with E-state index in [1.807, 2.05) is 30.3 Å². The Kier molecular flexibility index (Phi) is 7.18. The van der Waals surface area contributed by atoms with Crippen molar-refractivity contribution in [2.45, 2.75) is 25.8 Å². The SMILES string of the molecule is COC(=O)CN(C(=O)Cc1ccccc1)C(C)(C)C(=O)Nc1cccc(Cl)c1. The summed E-state index contributed by atoms with van der Waals surface area (Å²) in [5.41, 5.74) is -0.0185. The fourth-order valence-electron chi connectivity index (χ4n) is 2.63. The first kappa shape index (κ1) is 21.4. The standard InChI is InChI=1S/C21H23ClN2O4/c1-21(2,20(27)23-17-11-7-10-16(22)13-17)24(14-19(26)28-3)18(25)12-15-8-5-4-6-9-15/h4-11,13H,12,14H2,1-3H3,(H,23,27). The molecule has 0 fully saturated rings. The van der Waals surface area contributed by atoms with Gasteiger partial charge in [-0.1, -0.05) is 48.0 Å². The Hall–Kier alpha value is -2.86. The molecule has 0 unspecified atom stereocenters. The molecule has 0 aromatic heterocycles. The number of nitrogens with zero attached hydrogens (tertiary/aromatic N) is 1. The molecule has 0 saturated heterocycles. The van der Waals surface area contributed by atoms with Gasteiger partial charge < -0.3 is 15.0 Å². The molecule has 148 valence electrons. The largest absolute Gasteiger partial charge is 0.468 e. The number of halogens is 1. The van der Waals surface area contributed by atoms with E-state index >= 15 is 0 Å². The van der Waals surface area contributed by atoms with E-state index in [2.05, 4.69) is 5.32 Å². The number of benzene rings is 2. The Morgan fingerprint density at radius 3 is 2.36 bits per heavy atom. The lowest BCUT2D eigenvalue weighted by Crippen LogP contribution is -2.57. The van der Waals surface area contributed by atoms with E-state index < -0.39 is 17.4 Å². The molecule has 2 aromatic carbocycles. The van der Waals surface area contributed by atoms with Crippen LogP contribution in [0.25, 0.3) is 0 Å². The maximum absolute atomic E-state index is 12.9. The molecule has 0 heterocycles. The number of esters is 1.